The predicted molar refractivity (Wildman–Crippen MR) is 156 cm³/mol. The first-order valence-corrected chi connectivity index (χ1v) is 14.5. The van der Waals surface area contributed by atoms with Gasteiger partial charge in [0.05, 0.1) is 24.8 Å². The highest BCUT2D eigenvalue weighted by molar-refractivity contribution is 7.92. The topological polar surface area (TPSA) is 105 Å². The fraction of sp³-hybridized carbons (Fsp3) is 0.259. The van der Waals surface area contributed by atoms with Gasteiger partial charge in [-0.2, -0.15) is 0 Å². The minimum atomic E-state index is -4.33. The van der Waals surface area contributed by atoms with Gasteiger partial charge in [0.25, 0.3) is 10.0 Å². The smallest absolute Gasteiger partial charge is 0.264 e. The van der Waals surface area contributed by atoms with E-state index in [2.05, 4.69) is 5.32 Å². The number of methoxy groups -OCH3 is 2. The standard InChI is InChI=1S/C27H28Cl3N3O6S/c1-17(27(35)31-2)32(15-18-5-6-20(29)13-23(18)30)26(34)16-33(21-9-7-19(28)8-10-21)40(36,37)22-11-12-24(38-3)25(14-22)39-4/h5-14,17H,15-16H2,1-4H3,(H,31,35)/t17-/m0/s1. The van der Waals surface area contributed by atoms with Crippen LogP contribution in [0, 0.1) is 0 Å². The molecule has 0 radical (unpaired) electrons. The van der Waals surface area contributed by atoms with Crippen molar-refractivity contribution >= 4 is 62.3 Å². The van der Waals surface area contributed by atoms with Gasteiger partial charge >= 0.3 is 0 Å². The number of carbonyl (C=O) groups excluding carboxylic acids is 2. The third-order valence-electron chi connectivity index (χ3n) is 6.11. The van der Waals surface area contributed by atoms with Gasteiger partial charge in [-0.25, -0.2) is 8.42 Å². The molecule has 3 aromatic carbocycles. The molecule has 2 amide bonds. The molecule has 0 aliphatic heterocycles. The van der Waals surface area contributed by atoms with Crippen LogP contribution in [-0.2, 0) is 26.2 Å². The van der Waals surface area contributed by atoms with Crippen molar-refractivity contribution in [1.29, 1.82) is 0 Å². The molecule has 1 N–H and O–H groups in total. The second kappa shape index (κ2) is 13.5. The number of rotatable bonds is 11. The van der Waals surface area contributed by atoms with E-state index in [1.165, 1.54) is 81.6 Å². The van der Waals surface area contributed by atoms with Gasteiger partial charge in [0.2, 0.25) is 11.8 Å². The Morgan fingerprint density at radius 2 is 1.52 bits per heavy atom. The van der Waals surface area contributed by atoms with E-state index in [4.69, 9.17) is 44.3 Å². The van der Waals surface area contributed by atoms with Crippen molar-refractivity contribution in [2.75, 3.05) is 32.1 Å². The maximum Gasteiger partial charge on any atom is 0.264 e. The molecule has 0 aliphatic carbocycles. The van der Waals surface area contributed by atoms with E-state index < -0.39 is 34.4 Å². The molecule has 3 rings (SSSR count). The van der Waals surface area contributed by atoms with Crippen LogP contribution in [0.4, 0.5) is 5.69 Å². The van der Waals surface area contributed by atoms with Crippen molar-refractivity contribution in [2.24, 2.45) is 0 Å². The number of nitrogens with one attached hydrogen (secondary N) is 1. The van der Waals surface area contributed by atoms with E-state index in [1.807, 2.05) is 0 Å². The molecule has 214 valence electrons. The summed E-state index contributed by atoms with van der Waals surface area (Å²) in [6, 6.07) is 13.9. The van der Waals surface area contributed by atoms with E-state index in [1.54, 1.807) is 12.1 Å². The maximum atomic E-state index is 14.0. The Morgan fingerprint density at radius 1 is 0.900 bits per heavy atom. The number of hydrogen-bond acceptors (Lipinski definition) is 6. The molecule has 0 saturated heterocycles. The lowest BCUT2D eigenvalue weighted by molar-refractivity contribution is -0.139. The molecule has 0 fully saturated rings. The average molecular weight is 629 g/mol. The maximum absolute atomic E-state index is 14.0. The third kappa shape index (κ3) is 7.11. The van der Waals surface area contributed by atoms with Gasteiger partial charge in [-0.3, -0.25) is 13.9 Å². The molecule has 40 heavy (non-hydrogen) atoms. The second-order valence-corrected chi connectivity index (χ2v) is 11.7. The third-order valence-corrected chi connectivity index (χ3v) is 8.71. The summed E-state index contributed by atoms with van der Waals surface area (Å²) in [5, 5.41) is 3.60. The van der Waals surface area contributed by atoms with Gasteiger partial charge in [-0.1, -0.05) is 40.9 Å². The summed E-state index contributed by atoms with van der Waals surface area (Å²) in [5.41, 5.74) is 0.709. The molecular formula is C27H28Cl3N3O6S. The number of carbonyl (C=O) groups is 2. The fourth-order valence-corrected chi connectivity index (χ4v) is 5.89. The van der Waals surface area contributed by atoms with Crippen LogP contribution in [0.2, 0.25) is 15.1 Å². The number of benzene rings is 3. The second-order valence-electron chi connectivity index (χ2n) is 8.55. The van der Waals surface area contributed by atoms with Crippen LogP contribution in [0.1, 0.15) is 12.5 Å². The number of sulfonamides is 1. The zero-order chi connectivity index (χ0) is 29.6. The Hall–Kier alpha value is -3.18. The van der Waals surface area contributed by atoms with Crippen LogP contribution in [0.15, 0.2) is 65.6 Å². The van der Waals surface area contributed by atoms with Crippen LogP contribution in [0.3, 0.4) is 0 Å². The summed E-state index contributed by atoms with van der Waals surface area (Å²) in [6.45, 7) is 0.829. The summed E-state index contributed by atoms with van der Waals surface area (Å²) in [4.78, 5) is 27.5. The van der Waals surface area contributed by atoms with Gasteiger partial charge in [0, 0.05) is 34.7 Å². The van der Waals surface area contributed by atoms with Gasteiger partial charge in [0.15, 0.2) is 11.5 Å². The first-order valence-electron chi connectivity index (χ1n) is 11.9. The molecule has 0 heterocycles. The Bertz CT molecular complexity index is 1490. The van der Waals surface area contributed by atoms with Crippen LogP contribution in [0.5, 0.6) is 11.5 Å². The molecule has 3 aromatic rings. The number of nitrogens with zero attached hydrogens (tertiary/aromatic N) is 2. The predicted octanol–water partition coefficient (Wildman–Crippen LogP) is 5.02. The van der Waals surface area contributed by atoms with Gasteiger partial charge in [-0.15, -0.1) is 0 Å². The van der Waals surface area contributed by atoms with Crippen LogP contribution in [0.25, 0.3) is 0 Å². The summed E-state index contributed by atoms with van der Waals surface area (Å²) in [6.07, 6.45) is 0. The van der Waals surface area contributed by atoms with E-state index >= 15 is 0 Å². The molecular weight excluding hydrogens is 601 g/mol. The zero-order valence-corrected chi connectivity index (χ0v) is 25.2. The van der Waals surface area contributed by atoms with Crippen molar-refractivity contribution in [1.82, 2.24) is 10.2 Å². The van der Waals surface area contributed by atoms with Gasteiger partial charge in [-0.05, 0) is 61.0 Å². The van der Waals surface area contributed by atoms with Crippen molar-refractivity contribution in [3.05, 3.63) is 81.3 Å². The van der Waals surface area contributed by atoms with Crippen molar-refractivity contribution in [3.63, 3.8) is 0 Å². The van der Waals surface area contributed by atoms with E-state index in [0.717, 1.165) is 4.31 Å². The molecule has 0 saturated carbocycles. The summed E-state index contributed by atoms with van der Waals surface area (Å²) in [7, 11) is -0.0714. The number of likely N-dealkylation sites (N-methyl/N-ethyl adjacent to an activating group) is 1. The fourth-order valence-electron chi connectivity index (χ4n) is 3.87. The molecule has 0 aliphatic rings. The zero-order valence-electron chi connectivity index (χ0n) is 22.2. The number of halogens is 3. The van der Waals surface area contributed by atoms with Crippen LogP contribution >= 0.6 is 34.8 Å². The lowest BCUT2D eigenvalue weighted by atomic mass is 10.1. The Balaban J connectivity index is 2.08. The van der Waals surface area contributed by atoms with Crippen molar-refractivity contribution in [3.8, 4) is 11.5 Å². The Kier molecular flexibility index (Phi) is 10.5. The molecule has 13 heteroatoms. The van der Waals surface area contributed by atoms with Crippen LogP contribution < -0.4 is 19.1 Å². The quantitative estimate of drug-likeness (QED) is 0.320. The molecule has 1 atom stereocenters. The first-order chi connectivity index (χ1) is 18.9. The average Bonchev–Trinajstić information content (AvgIpc) is 2.94. The summed E-state index contributed by atoms with van der Waals surface area (Å²) >= 11 is 18.4. The van der Waals surface area contributed by atoms with Gasteiger partial charge in [0.1, 0.15) is 12.6 Å². The summed E-state index contributed by atoms with van der Waals surface area (Å²) < 4.78 is 39.4. The van der Waals surface area contributed by atoms with Crippen molar-refractivity contribution < 1.29 is 27.5 Å². The van der Waals surface area contributed by atoms with Crippen molar-refractivity contribution in [2.45, 2.75) is 24.4 Å². The molecule has 0 spiro atoms. The molecule has 9 nitrogen and oxygen atoms in total. The lowest BCUT2D eigenvalue weighted by Crippen LogP contribution is -2.50. The minimum Gasteiger partial charge on any atom is -0.493 e. The largest absolute Gasteiger partial charge is 0.493 e. The number of amides is 2. The highest BCUT2D eigenvalue weighted by Crippen LogP contribution is 2.33. The van der Waals surface area contributed by atoms with E-state index in [0.29, 0.717) is 26.4 Å². The first kappa shape index (κ1) is 31.3. The molecule has 0 unspecified atom stereocenters. The lowest BCUT2D eigenvalue weighted by Gasteiger charge is -2.32. The van der Waals surface area contributed by atoms with E-state index in [9.17, 15) is 18.0 Å². The van der Waals surface area contributed by atoms with Gasteiger partial charge < -0.3 is 19.7 Å². The summed E-state index contributed by atoms with van der Waals surface area (Å²) in [5.74, 6) is -0.570. The monoisotopic (exact) mass is 627 g/mol. The Morgan fingerprint density at radius 3 is 2.10 bits per heavy atom. The Labute approximate surface area is 248 Å². The number of ether oxygens (including phenoxy) is 2. The highest BCUT2D eigenvalue weighted by atomic mass is 35.5. The van der Waals surface area contributed by atoms with Crippen LogP contribution in [-0.4, -0.2) is 59.0 Å². The number of anilines is 1. The highest BCUT2D eigenvalue weighted by Gasteiger charge is 2.33. The molecule has 0 bridgehead atoms. The minimum absolute atomic E-state index is 0.0751. The molecule has 0 aromatic heterocycles. The SMILES string of the molecule is CNC(=O)[C@H](C)N(Cc1ccc(Cl)cc1Cl)C(=O)CN(c1ccc(Cl)cc1)S(=O)(=O)c1ccc(OC)c(OC)c1. The normalized spacial score (nSPS) is 11.9. The number of hydrogen-bond donors (Lipinski definition) is 1. The van der Waals surface area contributed by atoms with E-state index in [-0.39, 0.29) is 22.9 Å².